The third-order valence-corrected chi connectivity index (χ3v) is 4.25. The lowest BCUT2D eigenvalue weighted by molar-refractivity contribution is 0.163. The average Bonchev–Trinajstić information content (AvgIpc) is 2.48. The molecule has 1 N–H and O–H groups in total. The molecule has 2 nitrogen and oxygen atoms in total. The molecule has 2 rings (SSSR count). The molecule has 1 heterocycles. The first-order valence-electron chi connectivity index (χ1n) is 8.12. The van der Waals surface area contributed by atoms with Gasteiger partial charge in [0.25, 0.3) is 0 Å². The molecule has 108 valence electrons. The van der Waals surface area contributed by atoms with Gasteiger partial charge in [0.1, 0.15) is 6.10 Å². The molecule has 1 saturated carbocycles. The second-order valence-corrected chi connectivity index (χ2v) is 5.88. The van der Waals surface area contributed by atoms with Gasteiger partial charge in [-0.25, -0.2) is 0 Å². The molecule has 0 amide bonds. The fourth-order valence-corrected chi connectivity index (χ4v) is 3.14. The third kappa shape index (κ3) is 5.02. The molecule has 2 heteroatoms. The van der Waals surface area contributed by atoms with Crippen molar-refractivity contribution in [3.8, 4) is 0 Å². The first-order chi connectivity index (χ1) is 9.40. The Labute approximate surface area is 118 Å². The van der Waals surface area contributed by atoms with Gasteiger partial charge in [-0.05, 0) is 56.7 Å². The van der Waals surface area contributed by atoms with Gasteiger partial charge in [0.2, 0.25) is 0 Å². The van der Waals surface area contributed by atoms with Gasteiger partial charge < -0.3 is 10.1 Å². The van der Waals surface area contributed by atoms with Crippen LogP contribution in [-0.4, -0.2) is 19.2 Å². The molecule has 1 aliphatic heterocycles. The summed E-state index contributed by atoms with van der Waals surface area (Å²) < 4.78 is 5.72. The minimum absolute atomic E-state index is 0.311. The van der Waals surface area contributed by atoms with Crippen LogP contribution >= 0.6 is 0 Å². The van der Waals surface area contributed by atoms with Crippen molar-refractivity contribution in [1.82, 2.24) is 5.32 Å². The zero-order valence-electron chi connectivity index (χ0n) is 12.4. The van der Waals surface area contributed by atoms with Crippen molar-refractivity contribution >= 4 is 0 Å². The van der Waals surface area contributed by atoms with Crippen LogP contribution in [0, 0.1) is 5.92 Å². The van der Waals surface area contributed by atoms with Crippen LogP contribution in [0.2, 0.25) is 0 Å². The van der Waals surface area contributed by atoms with Gasteiger partial charge in [-0.3, -0.25) is 0 Å². The molecule has 0 aromatic heterocycles. The van der Waals surface area contributed by atoms with E-state index >= 15 is 0 Å². The lowest BCUT2D eigenvalue weighted by Crippen LogP contribution is -2.24. The summed E-state index contributed by atoms with van der Waals surface area (Å²) in [5, 5.41) is 3.58. The number of ether oxygens (including phenoxy) is 1. The molecule has 2 aliphatic rings. The molecule has 1 aliphatic carbocycles. The van der Waals surface area contributed by atoms with E-state index in [9.17, 15) is 0 Å². The van der Waals surface area contributed by atoms with Crippen LogP contribution in [-0.2, 0) is 4.74 Å². The number of hydrogen-bond donors (Lipinski definition) is 1. The van der Waals surface area contributed by atoms with Crippen molar-refractivity contribution in [3.05, 3.63) is 24.0 Å². The first kappa shape index (κ1) is 14.6. The Kier molecular flexibility index (Phi) is 6.49. The predicted molar refractivity (Wildman–Crippen MR) is 81.1 cm³/mol. The van der Waals surface area contributed by atoms with Gasteiger partial charge in [-0.1, -0.05) is 31.8 Å². The maximum absolute atomic E-state index is 5.72. The Morgan fingerprint density at radius 3 is 2.79 bits per heavy atom. The van der Waals surface area contributed by atoms with Gasteiger partial charge in [0.05, 0.1) is 6.26 Å². The van der Waals surface area contributed by atoms with Crippen molar-refractivity contribution in [2.24, 2.45) is 5.92 Å². The Morgan fingerprint density at radius 1 is 1.26 bits per heavy atom. The minimum Gasteiger partial charge on any atom is -0.494 e. The highest BCUT2D eigenvalue weighted by Crippen LogP contribution is 2.30. The van der Waals surface area contributed by atoms with E-state index in [0.717, 1.165) is 31.8 Å². The summed E-state index contributed by atoms with van der Waals surface area (Å²) in [7, 11) is 0. The highest BCUT2D eigenvalue weighted by atomic mass is 16.5. The summed E-state index contributed by atoms with van der Waals surface area (Å²) in [5.41, 5.74) is 1.61. The van der Waals surface area contributed by atoms with Crippen molar-refractivity contribution < 1.29 is 4.74 Å². The van der Waals surface area contributed by atoms with E-state index in [2.05, 4.69) is 24.4 Å². The molecule has 1 fully saturated rings. The monoisotopic (exact) mass is 263 g/mol. The van der Waals surface area contributed by atoms with Crippen molar-refractivity contribution in [2.75, 3.05) is 13.1 Å². The van der Waals surface area contributed by atoms with Crippen LogP contribution in [0.4, 0.5) is 0 Å². The van der Waals surface area contributed by atoms with Gasteiger partial charge in [0.15, 0.2) is 0 Å². The van der Waals surface area contributed by atoms with Gasteiger partial charge in [0, 0.05) is 6.54 Å². The highest BCUT2D eigenvalue weighted by molar-refractivity contribution is 5.13. The highest BCUT2D eigenvalue weighted by Gasteiger charge is 2.19. The molecule has 0 radical (unpaired) electrons. The van der Waals surface area contributed by atoms with Crippen LogP contribution < -0.4 is 5.32 Å². The lowest BCUT2D eigenvalue weighted by atomic mass is 9.83. The third-order valence-electron chi connectivity index (χ3n) is 4.25. The molecule has 1 atom stereocenters. The van der Waals surface area contributed by atoms with E-state index in [0.29, 0.717) is 6.10 Å². The molecule has 0 aromatic carbocycles. The van der Waals surface area contributed by atoms with E-state index in [-0.39, 0.29) is 0 Å². The summed E-state index contributed by atoms with van der Waals surface area (Å²) in [6.45, 7) is 4.41. The normalized spacial score (nSPS) is 25.3. The maximum Gasteiger partial charge on any atom is 0.117 e. The smallest absolute Gasteiger partial charge is 0.117 e. The predicted octanol–water partition coefficient (Wildman–Crippen LogP) is 4.19. The zero-order chi connectivity index (χ0) is 13.3. The minimum atomic E-state index is 0.311. The van der Waals surface area contributed by atoms with Crippen LogP contribution in [0.1, 0.15) is 58.3 Å². The average molecular weight is 263 g/mol. The largest absolute Gasteiger partial charge is 0.494 e. The van der Waals surface area contributed by atoms with E-state index in [1.807, 2.05) is 6.26 Å². The van der Waals surface area contributed by atoms with Gasteiger partial charge in [-0.2, -0.15) is 0 Å². The summed E-state index contributed by atoms with van der Waals surface area (Å²) in [4.78, 5) is 0. The van der Waals surface area contributed by atoms with Crippen molar-refractivity contribution in [2.45, 2.75) is 64.4 Å². The summed E-state index contributed by atoms with van der Waals surface area (Å²) in [6.07, 6.45) is 17.2. The van der Waals surface area contributed by atoms with Crippen molar-refractivity contribution in [3.63, 3.8) is 0 Å². The number of allylic oxidation sites excluding steroid dienone is 1. The van der Waals surface area contributed by atoms with Gasteiger partial charge in [-0.15, -0.1) is 0 Å². The van der Waals surface area contributed by atoms with E-state index in [4.69, 9.17) is 4.74 Å². The second-order valence-electron chi connectivity index (χ2n) is 5.88. The fraction of sp³-hybridized carbons (Fsp3) is 0.765. The summed E-state index contributed by atoms with van der Waals surface area (Å²) in [6, 6.07) is 0. The van der Waals surface area contributed by atoms with Crippen LogP contribution in [0.3, 0.4) is 0 Å². The van der Waals surface area contributed by atoms with Crippen LogP contribution in [0.5, 0.6) is 0 Å². The molecule has 0 aromatic rings. The van der Waals surface area contributed by atoms with Crippen LogP contribution in [0.15, 0.2) is 24.0 Å². The van der Waals surface area contributed by atoms with E-state index in [1.165, 1.54) is 38.5 Å². The fourth-order valence-electron chi connectivity index (χ4n) is 3.14. The Bertz CT molecular complexity index is 302. The number of nitrogens with one attached hydrogen (secondary N) is 1. The van der Waals surface area contributed by atoms with Gasteiger partial charge >= 0.3 is 0 Å². The molecular weight excluding hydrogens is 234 g/mol. The summed E-state index contributed by atoms with van der Waals surface area (Å²) in [5.74, 6) is 0.799. The first-order valence-corrected chi connectivity index (χ1v) is 8.12. The van der Waals surface area contributed by atoms with E-state index in [1.54, 1.807) is 5.57 Å². The molecule has 0 spiro atoms. The molecule has 0 saturated heterocycles. The molecule has 1 unspecified atom stereocenters. The Hall–Kier alpha value is -0.760. The quantitative estimate of drug-likeness (QED) is 0.573. The second kappa shape index (κ2) is 8.42. The topological polar surface area (TPSA) is 21.3 Å². The van der Waals surface area contributed by atoms with Crippen molar-refractivity contribution in [1.29, 1.82) is 0 Å². The Morgan fingerprint density at radius 2 is 2.11 bits per heavy atom. The zero-order valence-corrected chi connectivity index (χ0v) is 12.4. The molecular formula is C17H29NO. The lowest BCUT2D eigenvalue weighted by Gasteiger charge is -2.27. The SMILES string of the molecule is CCCNC/C(=C/C1CCC=CO1)C1CCCCC1. The summed E-state index contributed by atoms with van der Waals surface area (Å²) >= 11 is 0. The maximum atomic E-state index is 5.72. The number of rotatable bonds is 6. The number of hydrogen-bond acceptors (Lipinski definition) is 2. The van der Waals surface area contributed by atoms with E-state index < -0.39 is 0 Å². The standard InChI is InChI=1S/C17H29NO/c1-2-11-18-14-16(15-8-4-3-5-9-15)13-17-10-6-7-12-19-17/h7,12-13,15,17-18H,2-6,8-11,14H2,1H3/b16-13-. The van der Waals surface area contributed by atoms with Crippen LogP contribution in [0.25, 0.3) is 0 Å². The molecule has 19 heavy (non-hydrogen) atoms. The Balaban J connectivity index is 1.94. The molecule has 0 bridgehead atoms.